The van der Waals surface area contributed by atoms with Gasteiger partial charge in [-0.3, -0.25) is 0 Å². The molecule has 3 rings (SSSR count). The first-order valence-electron chi connectivity index (χ1n) is 8.09. The van der Waals surface area contributed by atoms with Crippen LogP contribution in [0.15, 0.2) is 57.5 Å². The zero-order valence-corrected chi connectivity index (χ0v) is 16.1. The van der Waals surface area contributed by atoms with E-state index in [-0.39, 0.29) is 13.2 Å². The Balaban J connectivity index is 1.67. The fourth-order valence-corrected chi connectivity index (χ4v) is 2.69. The van der Waals surface area contributed by atoms with Gasteiger partial charge in [-0.2, -0.15) is 0 Å². The molecule has 0 spiro atoms. The number of aryl methyl sites for hydroxylation is 2. The number of nitrogens with zero attached hydrogens (tertiary/aromatic N) is 1. The van der Waals surface area contributed by atoms with Gasteiger partial charge in [-0.05, 0) is 43.7 Å². The van der Waals surface area contributed by atoms with Gasteiger partial charge >= 0.3 is 5.97 Å². The maximum absolute atomic E-state index is 12.5. The van der Waals surface area contributed by atoms with E-state index in [1.165, 1.54) is 0 Å². The molecule has 0 amide bonds. The number of hydrogen-bond donors (Lipinski definition) is 0. The first kappa shape index (κ1) is 18.2. The van der Waals surface area contributed by atoms with E-state index in [2.05, 4.69) is 21.1 Å². The van der Waals surface area contributed by atoms with Crippen LogP contribution in [0.3, 0.4) is 0 Å². The third-order valence-corrected chi connectivity index (χ3v) is 4.47. The maximum atomic E-state index is 12.5. The van der Waals surface area contributed by atoms with E-state index in [4.69, 9.17) is 14.0 Å². The van der Waals surface area contributed by atoms with Crippen molar-refractivity contribution in [2.45, 2.75) is 27.1 Å². The van der Waals surface area contributed by atoms with Gasteiger partial charge in [-0.15, -0.1) is 0 Å². The van der Waals surface area contributed by atoms with Gasteiger partial charge in [-0.25, -0.2) is 4.79 Å². The quantitative estimate of drug-likeness (QED) is 0.530. The molecule has 0 aliphatic rings. The number of para-hydroxylation sites is 1. The number of benzene rings is 2. The van der Waals surface area contributed by atoms with E-state index in [1.54, 1.807) is 18.2 Å². The molecule has 134 valence electrons. The van der Waals surface area contributed by atoms with Crippen molar-refractivity contribution in [3.05, 3.63) is 81.1 Å². The Morgan fingerprint density at radius 2 is 1.81 bits per heavy atom. The third kappa shape index (κ3) is 4.32. The van der Waals surface area contributed by atoms with Gasteiger partial charge in [-0.1, -0.05) is 45.4 Å². The predicted molar refractivity (Wildman–Crippen MR) is 100 cm³/mol. The Morgan fingerprint density at radius 3 is 2.50 bits per heavy atom. The van der Waals surface area contributed by atoms with Gasteiger partial charge in [0.15, 0.2) is 0 Å². The summed E-state index contributed by atoms with van der Waals surface area (Å²) in [6.07, 6.45) is 0. The molecule has 0 aliphatic heterocycles. The number of halogens is 1. The highest BCUT2D eigenvalue weighted by atomic mass is 79.9. The Labute approximate surface area is 160 Å². The van der Waals surface area contributed by atoms with E-state index in [1.807, 2.05) is 44.2 Å². The van der Waals surface area contributed by atoms with Crippen LogP contribution in [0.2, 0.25) is 0 Å². The number of esters is 1. The van der Waals surface area contributed by atoms with Crippen LogP contribution in [0.25, 0.3) is 0 Å². The first-order chi connectivity index (χ1) is 12.5. The summed E-state index contributed by atoms with van der Waals surface area (Å²) < 4.78 is 17.3. The zero-order valence-electron chi connectivity index (χ0n) is 14.5. The van der Waals surface area contributed by atoms with Gasteiger partial charge in [0.1, 0.15) is 30.3 Å². The molecule has 6 heteroatoms. The van der Waals surface area contributed by atoms with Crippen molar-refractivity contribution in [1.29, 1.82) is 0 Å². The summed E-state index contributed by atoms with van der Waals surface area (Å²) in [4.78, 5) is 12.5. The van der Waals surface area contributed by atoms with Gasteiger partial charge in [0.05, 0.1) is 11.3 Å². The predicted octanol–water partition coefficient (Wildman–Crippen LogP) is 4.99. The summed E-state index contributed by atoms with van der Waals surface area (Å²) in [5.74, 6) is 0.744. The number of rotatable bonds is 6. The van der Waals surface area contributed by atoms with Crippen molar-refractivity contribution >= 4 is 21.9 Å². The lowest BCUT2D eigenvalue weighted by Gasteiger charge is -2.11. The van der Waals surface area contributed by atoms with Crippen molar-refractivity contribution in [3.63, 3.8) is 0 Å². The van der Waals surface area contributed by atoms with E-state index in [9.17, 15) is 4.79 Å². The molecule has 0 aliphatic carbocycles. The molecule has 0 radical (unpaired) electrons. The molecule has 2 aromatic carbocycles. The fourth-order valence-electron chi connectivity index (χ4n) is 2.43. The normalized spacial score (nSPS) is 10.6. The SMILES string of the molecule is Cc1noc(C)c1COc1ccccc1C(=O)OCc1ccc(Br)cc1. The Morgan fingerprint density at radius 1 is 1.08 bits per heavy atom. The minimum atomic E-state index is -0.428. The lowest BCUT2D eigenvalue weighted by Crippen LogP contribution is -2.08. The summed E-state index contributed by atoms with van der Waals surface area (Å²) in [7, 11) is 0. The standard InChI is InChI=1S/C20H18BrNO4/c1-13-18(14(2)26-22-13)12-24-19-6-4-3-5-17(19)20(23)25-11-15-7-9-16(21)10-8-15/h3-10H,11-12H2,1-2H3. The van der Waals surface area contributed by atoms with Crippen LogP contribution in [-0.4, -0.2) is 11.1 Å². The average Bonchev–Trinajstić information content (AvgIpc) is 2.97. The molecule has 1 heterocycles. The second-order valence-electron chi connectivity index (χ2n) is 5.79. The minimum absolute atomic E-state index is 0.199. The molecule has 0 bridgehead atoms. The number of ether oxygens (including phenoxy) is 2. The number of aromatic nitrogens is 1. The maximum Gasteiger partial charge on any atom is 0.342 e. The van der Waals surface area contributed by atoms with Gasteiger partial charge in [0, 0.05) is 4.47 Å². The molecule has 0 saturated heterocycles. The van der Waals surface area contributed by atoms with Gasteiger partial charge < -0.3 is 14.0 Å². The number of carbonyl (C=O) groups is 1. The van der Waals surface area contributed by atoms with Gasteiger partial charge in [0.2, 0.25) is 0 Å². The van der Waals surface area contributed by atoms with Crippen molar-refractivity contribution in [2.75, 3.05) is 0 Å². The van der Waals surface area contributed by atoms with Crippen LogP contribution in [-0.2, 0) is 18.0 Å². The lowest BCUT2D eigenvalue weighted by atomic mass is 10.2. The molecule has 5 nitrogen and oxygen atoms in total. The Kier molecular flexibility index (Phi) is 5.73. The second kappa shape index (κ2) is 8.19. The van der Waals surface area contributed by atoms with E-state index in [0.717, 1.165) is 21.3 Å². The zero-order chi connectivity index (χ0) is 18.5. The van der Waals surface area contributed by atoms with Crippen molar-refractivity contribution in [3.8, 4) is 5.75 Å². The molecule has 0 N–H and O–H groups in total. The molecule has 0 unspecified atom stereocenters. The van der Waals surface area contributed by atoms with Crippen molar-refractivity contribution in [1.82, 2.24) is 5.16 Å². The Hall–Kier alpha value is -2.60. The van der Waals surface area contributed by atoms with E-state index in [0.29, 0.717) is 17.1 Å². The van der Waals surface area contributed by atoms with Crippen LogP contribution < -0.4 is 4.74 Å². The van der Waals surface area contributed by atoms with Gasteiger partial charge in [0.25, 0.3) is 0 Å². The van der Waals surface area contributed by atoms with E-state index < -0.39 is 5.97 Å². The molecule has 0 saturated carbocycles. The number of carbonyl (C=O) groups excluding carboxylic acids is 1. The van der Waals surface area contributed by atoms with Crippen molar-refractivity contribution in [2.24, 2.45) is 0 Å². The molecular weight excluding hydrogens is 398 g/mol. The topological polar surface area (TPSA) is 61.6 Å². The highest BCUT2D eigenvalue weighted by Crippen LogP contribution is 2.23. The van der Waals surface area contributed by atoms with E-state index >= 15 is 0 Å². The highest BCUT2D eigenvalue weighted by molar-refractivity contribution is 9.10. The molecule has 26 heavy (non-hydrogen) atoms. The van der Waals surface area contributed by atoms with Crippen LogP contribution in [0.1, 0.15) is 32.9 Å². The van der Waals surface area contributed by atoms with Crippen LogP contribution in [0.5, 0.6) is 5.75 Å². The lowest BCUT2D eigenvalue weighted by molar-refractivity contribution is 0.0467. The second-order valence-corrected chi connectivity index (χ2v) is 6.71. The summed E-state index contributed by atoms with van der Waals surface area (Å²) in [6, 6.07) is 14.6. The Bertz CT molecular complexity index is 883. The van der Waals surface area contributed by atoms with Crippen LogP contribution >= 0.6 is 15.9 Å². The van der Waals surface area contributed by atoms with Crippen LogP contribution in [0, 0.1) is 13.8 Å². The summed E-state index contributed by atoms with van der Waals surface area (Å²) >= 11 is 3.38. The average molecular weight is 416 g/mol. The molecule has 3 aromatic rings. The largest absolute Gasteiger partial charge is 0.488 e. The monoisotopic (exact) mass is 415 g/mol. The van der Waals surface area contributed by atoms with Crippen molar-refractivity contribution < 1.29 is 18.8 Å². The molecule has 1 aromatic heterocycles. The summed E-state index contributed by atoms with van der Waals surface area (Å²) in [5, 5.41) is 3.91. The molecule has 0 atom stereocenters. The first-order valence-corrected chi connectivity index (χ1v) is 8.89. The molecular formula is C20H18BrNO4. The third-order valence-electron chi connectivity index (χ3n) is 3.94. The fraction of sp³-hybridized carbons (Fsp3) is 0.200. The smallest absolute Gasteiger partial charge is 0.342 e. The minimum Gasteiger partial charge on any atom is -0.488 e. The highest BCUT2D eigenvalue weighted by Gasteiger charge is 2.16. The van der Waals surface area contributed by atoms with Crippen LogP contribution in [0.4, 0.5) is 0 Å². The summed E-state index contributed by atoms with van der Waals surface area (Å²) in [6.45, 7) is 4.16. The summed E-state index contributed by atoms with van der Waals surface area (Å²) in [5.41, 5.74) is 2.95. The number of hydrogen-bond acceptors (Lipinski definition) is 5. The molecule has 0 fully saturated rings.